The molecular weight excluding hydrogens is 421 g/mol. The summed E-state index contributed by atoms with van der Waals surface area (Å²) in [5.74, 6) is 0.250. The second-order valence-electron chi connectivity index (χ2n) is 5.80. The third-order valence-electron chi connectivity index (χ3n) is 4.25. The van der Waals surface area contributed by atoms with Crippen LogP contribution in [0.4, 0.5) is 12.9 Å². The summed E-state index contributed by atoms with van der Waals surface area (Å²) in [6.07, 6.45) is 0. The van der Waals surface area contributed by atoms with E-state index in [1.807, 2.05) is 0 Å². The van der Waals surface area contributed by atoms with Crippen LogP contribution in [0, 0.1) is 0 Å². The predicted octanol–water partition coefficient (Wildman–Crippen LogP) is 4.08. The van der Waals surface area contributed by atoms with Crippen LogP contribution >= 0.6 is 15.9 Å². The number of hydrogen-bond donors (Lipinski definition) is 0. The van der Waals surface area contributed by atoms with E-state index in [9.17, 15) is 8.78 Å². The Morgan fingerprint density at radius 2 is 1.35 bits per heavy atom. The van der Waals surface area contributed by atoms with E-state index >= 15 is 4.11 Å². The minimum atomic E-state index is -4.13. The molecule has 0 bridgehead atoms. The lowest BCUT2D eigenvalue weighted by atomic mass is 10.2. The number of rotatable bonds is 5. The zero-order valence-electron chi connectivity index (χ0n) is 13.9. The fourth-order valence-electron chi connectivity index (χ4n) is 3.00. The zero-order valence-corrected chi connectivity index (χ0v) is 16.5. The number of alkyl halides is 3. The first-order valence-corrected chi connectivity index (χ1v) is 10.6. The normalized spacial score (nSPS) is 12.0. The van der Waals surface area contributed by atoms with Gasteiger partial charge in [0.15, 0.2) is 0 Å². The fourth-order valence-corrected chi connectivity index (χ4v) is 6.68. The van der Waals surface area contributed by atoms with Gasteiger partial charge >= 0.3 is 13.2 Å². The molecule has 0 heterocycles. The molecule has 0 spiro atoms. The van der Waals surface area contributed by atoms with Crippen LogP contribution in [0.2, 0.25) is 0 Å². The van der Waals surface area contributed by atoms with Gasteiger partial charge in [-0.3, -0.25) is 4.11 Å². The van der Waals surface area contributed by atoms with Crippen LogP contribution in [0.15, 0.2) is 78.9 Å². The maximum absolute atomic E-state index is 16.8. The smallest absolute Gasteiger partial charge is 0.339 e. The van der Waals surface area contributed by atoms with Crippen LogP contribution in [0.1, 0.15) is 5.56 Å². The van der Waals surface area contributed by atoms with Crippen molar-refractivity contribution < 1.29 is 17.6 Å². The van der Waals surface area contributed by atoms with Crippen LogP contribution in [0.25, 0.3) is 0 Å². The average molecular weight is 437 g/mol. The van der Waals surface area contributed by atoms with Crippen molar-refractivity contribution in [3.05, 3.63) is 84.4 Å². The summed E-state index contributed by atoms with van der Waals surface area (Å²) in [5, 5.41) is 0.821. The molecule has 0 unspecified atom stereocenters. The van der Waals surface area contributed by atoms with Gasteiger partial charge in [0.1, 0.15) is 5.75 Å². The number of benzene rings is 3. The summed E-state index contributed by atoms with van der Waals surface area (Å²) in [5.41, 5.74) is -0.418. The highest BCUT2D eigenvalue weighted by atomic mass is 79.9. The number of methoxy groups -OCH3 is 1. The van der Waals surface area contributed by atoms with Crippen molar-refractivity contribution in [2.24, 2.45) is 0 Å². The molecule has 0 saturated heterocycles. The minimum absolute atomic E-state index is 0.00225. The molecule has 0 aliphatic carbocycles. The molecule has 0 aliphatic heterocycles. The van der Waals surface area contributed by atoms with Gasteiger partial charge in [-0.05, 0) is 43.6 Å². The molecule has 0 N–H and O–H groups in total. The van der Waals surface area contributed by atoms with Gasteiger partial charge in [-0.2, -0.15) is 8.78 Å². The molecule has 3 aromatic rings. The Bertz CT molecular complexity index is 843. The van der Waals surface area contributed by atoms with Gasteiger partial charge in [-0.25, -0.2) is 0 Å². The minimum Gasteiger partial charge on any atom is -0.497 e. The maximum Gasteiger partial charge on any atom is 0.339 e. The lowest BCUT2D eigenvalue weighted by Gasteiger charge is -2.28. The van der Waals surface area contributed by atoms with E-state index in [-0.39, 0.29) is 10.9 Å². The van der Waals surface area contributed by atoms with Crippen molar-refractivity contribution in [1.29, 1.82) is 0 Å². The lowest BCUT2D eigenvalue weighted by Crippen LogP contribution is -2.65. The Kier molecular flexibility index (Phi) is 5.25. The summed E-state index contributed by atoms with van der Waals surface area (Å²) in [6.45, 7) is 0. The first kappa shape index (κ1) is 18.7. The van der Waals surface area contributed by atoms with E-state index in [1.54, 1.807) is 60.7 Å². The second kappa shape index (κ2) is 7.29. The van der Waals surface area contributed by atoms with E-state index in [1.165, 1.54) is 25.3 Å². The van der Waals surface area contributed by atoms with Crippen molar-refractivity contribution in [3.8, 4) is 5.75 Å². The van der Waals surface area contributed by atoms with E-state index in [0.717, 1.165) is 0 Å². The Morgan fingerprint density at radius 3 is 1.77 bits per heavy atom. The summed E-state index contributed by atoms with van der Waals surface area (Å²) in [6, 6.07) is 21.2. The van der Waals surface area contributed by atoms with Gasteiger partial charge in [-0.1, -0.05) is 66.7 Å². The van der Waals surface area contributed by atoms with Gasteiger partial charge in [0.05, 0.1) is 7.11 Å². The fraction of sp³-hybridized carbons (Fsp3) is 0.100. The van der Waals surface area contributed by atoms with Crippen molar-refractivity contribution in [2.75, 3.05) is 7.11 Å². The van der Waals surface area contributed by atoms with Crippen molar-refractivity contribution in [1.82, 2.24) is 0 Å². The summed E-state index contributed by atoms with van der Waals surface area (Å²) in [4.78, 5) is -3.38. The lowest BCUT2D eigenvalue weighted by molar-refractivity contribution is 0.115. The number of halogens is 4. The molecule has 134 valence electrons. The first-order valence-electron chi connectivity index (χ1n) is 7.93. The van der Waals surface area contributed by atoms with Crippen molar-refractivity contribution in [2.45, 2.75) is 4.83 Å². The molecule has 0 radical (unpaired) electrons. The van der Waals surface area contributed by atoms with E-state index in [0.29, 0.717) is 10.4 Å². The second-order valence-corrected chi connectivity index (χ2v) is 9.81. The standard InChI is InChI=1S/C20H16BrF3OSi/c1-25-15-12-13-19(18(14-15)20(21,22)23)26(24,16-8-4-2-5-9-16)17-10-6-3-7-11-17/h2-14H,1H3. The molecule has 26 heavy (non-hydrogen) atoms. The molecule has 6 heteroatoms. The van der Waals surface area contributed by atoms with Gasteiger partial charge in [-0.15, -0.1) is 0 Å². The Hall–Kier alpha value is -2.05. The van der Waals surface area contributed by atoms with Gasteiger partial charge < -0.3 is 4.74 Å². The van der Waals surface area contributed by atoms with Gasteiger partial charge in [0.2, 0.25) is 0 Å². The Labute approximate surface area is 159 Å². The maximum atomic E-state index is 16.8. The SMILES string of the molecule is COc1ccc([Si](F)(c2ccccc2)c2ccccc2)c(C(F)(F)Br)c1. The van der Waals surface area contributed by atoms with E-state index < -0.39 is 18.8 Å². The first-order chi connectivity index (χ1) is 12.4. The number of hydrogen-bond acceptors (Lipinski definition) is 1. The molecule has 0 amide bonds. The molecule has 0 saturated carbocycles. The quantitative estimate of drug-likeness (QED) is 0.253. The summed E-state index contributed by atoms with van der Waals surface area (Å²) >= 11 is 2.41. The van der Waals surface area contributed by atoms with Gasteiger partial charge in [0.25, 0.3) is 0 Å². The van der Waals surface area contributed by atoms with Crippen molar-refractivity contribution >= 4 is 39.9 Å². The topological polar surface area (TPSA) is 9.23 Å². The summed E-state index contributed by atoms with van der Waals surface area (Å²) < 4.78 is 50.4. The Balaban J connectivity index is 2.34. The molecule has 0 atom stereocenters. The van der Waals surface area contributed by atoms with Crippen molar-refractivity contribution in [3.63, 3.8) is 0 Å². The molecular formula is C20H16BrF3OSi. The summed E-state index contributed by atoms with van der Waals surface area (Å²) in [7, 11) is -2.74. The third kappa shape index (κ3) is 3.44. The Morgan fingerprint density at radius 1 is 0.846 bits per heavy atom. The predicted molar refractivity (Wildman–Crippen MR) is 104 cm³/mol. The van der Waals surface area contributed by atoms with Crippen LogP contribution in [0.5, 0.6) is 5.75 Å². The molecule has 3 rings (SSSR count). The molecule has 0 fully saturated rings. The highest BCUT2D eigenvalue weighted by molar-refractivity contribution is 9.09. The van der Waals surface area contributed by atoms with Crippen LogP contribution in [-0.4, -0.2) is 15.5 Å². The van der Waals surface area contributed by atoms with Crippen LogP contribution in [-0.2, 0) is 4.83 Å². The highest BCUT2D eigenvalue weighted by Crippen LogP contribution is 2.36. The van der Waals surface area contributed by atoms with Crippen LogP contribution in [0.3, 0.4) is 0 Å². The van der Waals surface area contributed by atoms with Crippen LogP contribution < -0.4 is 20.3 Å². The zero-order chi connectivity index (χ0) is 18.8. The van der Waals surface area contributed by atoms with Gasteiger partial charge in [0, 0.05) is 5.56 Å². The van der Waals surface area contributed by atoms with E-state index in [2.05, 4.69) is 15.9 Å². The monoisotopic (exact) mass is 436 g/mol. The van der Waals surface area contributed by atoms with E-state index in [4.69, 9.17) is 4.74 Å². The third-order valence-corrected chi connectivity index (χ3v) is 8.11. The largest absolute Gasteiger partial charge is 0.497 e. The average Bonchev–Trinajstić information content (AvgIpc) is 2.67. The molecule has 0 aliphatic rings. The molecule has 3 aromatic carbocycles. The molecule has 1 nitrogen and oxygen atoms in total. The highest BCUT2D eigenvalue weighted by Gasteiger charge is 2.46. The number of ether oxygens (including phenoxy) is 1. The molecule has 0 aromatic heterocycles.